The van der Waals surface area contributed by atoms with E-state index in [1.807, 2.05) is 12.1 Å². The SMILES string of the molecule is CC(C)(C)c1cccc(OCC2CCOCC2)n1. The molecule has 0 saturated carbocycles. The van der Waals surface area contributed by atoms with Crippen LogP contribution in [0.1, 0.15) is 39.3 Å². The maximum atomic E-state index is 5.81. The number of hydrogen-bond acceptors (Lipinski definition) is 3. The van der Waals surface area contributed by atoms with Crippen LogP contribution >= 0.6 is 0 Å². The normalized spacial score (nSPS) is 17.7. The zero-order chi connectivity index (χ0) is 13.0. The van der Waals surface area contributed by atoms with Crippen LogP contribution in [0.15, 0.2) is 18.2 Å². The maximum Gasteiger partial charge on any atom is 0.213 e. The Bertz CT molecular complexity index is 378. The van der Waals surface area contributed by atoms with Crippen LogP contribution in [0, 0.1) is 5.92 Å². The summed E-state index contributed by atoms with van der Waals surface area (Å²) in [6.45, 7) is 8.98. The first-order chi connectivity index (χ1) is 8.55. The summed E-state index contributed by atoms with van der Waals surface area (Å²) in [7, 11) is 0. The summed E-state index contributed by atoms with van der Waals surface area (Å²) < 4.78 is 11.2. The second-order valence-electron chi connectivity index (χ2n) is 5.98. The van der Waals surface area contributed by atoms with Crippen LogP contribution in [0.4, 0.5) is 0 Å². The third-order valence-corrected chi connectivity index (χ3v) is 3.30. The van der Waals surface area contributed by atoms with Gasteiger partial charge in [-0.05, 0) is 24.8 Å². The van der Waals surface area contributed by atoms with Gasteiger partial charge < -0.3 is 9.47 Å². The Morgan fingerprint density at radius 2 is 2.00 bits per heavy atom. The summed E-state index contributed by atoms with van der Waals surface area (Å²) >= 11 is 0. The standard InChI is InChI=1S/C15H23NO2/c1-15(2,3)13-5-4-6-14(16-13)18-11-12-7-9-17-10-8-12/h4-6,12H,7-11H2,1-3H3. The Labute approximate surface area is 110 Å². The van der Waals surface area contributed by atoms with E-state index >= 15 is 0 Å². The summed E-state index contributed by atoms with van der Waals surface area (Å²) in [6.07, 6.45) is 2.19. The minimum Gasteiger partial charge on any atom is -0.477 e. The van der Waals surface area contributed by atoms with Gasteiger partial charge in [0.15, 0.2) is 0 Å². The van der Waals surface area contributed by atoms with E-state index in [1.165, 1.54) is 0 Å². The molecule has 0 unspecified atom stereocenters. The predicted molar refractivity (Wildman–Crippen MR) is 72.0 cm³/mol. The lowest BCUT2D eigenvalue weighted by atomic mass is 9.92. The van der Waals surface area contributed by atoms with Gasteiger partial charge in [-0.15, -0.1) is 0 Å². The summed E-state index contributed by atoms with van der Waals surface area (Å²) in [5.74, 6) is 1.35. The monoisotopic (exact) mass is 249 g/mol. The third-order valence-electron chi connectivity index (χ3n) is 3.30. The molecule has 0 amide bonds. The van der Waals surface area contributed by atoms with Crippen molar-refractivity contribution in [2.45, 2.75) is 39.0 Å². The van der Waals surface area contributed by atoms with Crippen molar-refractivity contribution in [1.29, 1.82) is 0 Å². The van der Waals surface area contributed by atoms with Gasteiger partial charge in [-0.1, -0.05) is 26.8 Å². The molecule has 1 fully saturated rings. The Morgan fingerprint density at radius 1 is 1.28 bits per heavy atom. The highest BCUT2D eigenvalue weighted by Crippen LogP contribution is 2.23. The average molecular weight is 249 g/mol. The van der Waals surface area contributed by atoms with E-state index in [0.717, 1.165) is 44.2 Å². The lowest BCUT2D eigenvalue weighted by molar-refractivity contribution is 0.0490. The molecule has 3 heteroatoms. The lowest BCUT2D eigenvalue weighted by Gasteiger charge is -2.22. The molecular formula is C15H23NO2. The van der Waals surface area contributed by atoms with Gasteiger partial charge in [-0.2, -0.15) is 0 Å². The van der Waals surface area contributed by atoms with Crippen molar-refractivity contribution in [3.63, 3.8) is 0 Å². The number of pyridine rings is 1. The maximum absolute atomic E-state index is 5.81. The molecule has 3 nitrogen and oxygen atoms in total. The van der Waals surface area contributed by atoms with E-state index in [9.17, 15) is 0 Å². The molecule has 1 aromatic rings. The summed E-state index contributed by atoms with van der Waals surface area (Å²) in [6, 6.07) is 6.02. The summed E-state index contributed by atoms with van der Waals surface area (Å²) in [4.78, 5) is 4.57. The molecule has 2 heterocycles. The van der Waals surface area contributed by atoms with Crippen molar-refractivity contribution in [2.24, 2.45) is 5.92 Å². The fourth-order valence-electron chi connectivity index (χ4n) is 2.03. The number of rotatable bonds is 3. The quantitative estimate of drug-likeness (QED) is 0.824. The molecular weight excluding hydrogens is 226 g/mol. The first-order valence-electron chi connectivity index (χ1n) is 6.74. The number of nitrogens with zero attached hydrogens (tertiary/aromatic N) is 1. The van der Waals surface area contributed by atoms with Crippen molar-refractivity contribution in [3.05, 3.63) is 23.9 Å². The van der Waals surface area contributed by atoms with Gasteiger partial charge >= 0.3 is 0 Å². The van der Waals surface area contributed by atoms with Gasteiger partial charge in [0.1, 0.15) is 0 Å². The zero-order valence-corrected chi connectivity index (χ0v) is 11.6. The highest BCUT2D eigenvalue weighted by Gasteiger charge is 2.17. The molecule has 1 aliphatic rings. The molecule has 1 aromatic heterocycles. The molecule has 0 aromatic carbocycles. The van der Waals surface area contributed by atoms with Crippen molar-refractivity contribution in [3.8, 4) is 5.88 Å². The van der Waals surface area contributed by atoms with Crippen molar-refractivity contribution < 1.29 is 9.47 Å². The first kappa shape index (κ1) is 13.3. The minimum absolute atomic E-state index is 0.0675. The van der Waals surface area contributed by atoms with Crippen LogP contribution in [0.3, 0.4) is 0 Å². The van der Waals surface area contributed by atoms with Gasteiger partial charge in [0, 0.05) is 30.4 Å². The van der Waals surface area contributed by atoms with Crippen LogP contribution in [0.2, 0.25) is 0 Å². The molecule has 1 aliphatic heterocycles. The molecule has 0 atom stereocenters. The van der Waals surface area contributed by atoms with E-state index < -0.39 is 0 Å². The van der Waals surface area contributed by atoms with Crippen LogP contribution in [-0.2, 0) is 10.2 Å². The molecule has 0 bridgehead atoms. The van der Waals surface area contributed by atoms with Crippen LogP contribution in [0.5, 0.6) is 5.88 Å². The second-order valence-corrected chi connectivity index (χ2v) is 5.98. The molecule has 0 aliphatic carbocycles. The minimum atomic E-state index is 0.0675. The lowest BCUT2D eigenvalue weighted by Crippen LogP contribution is -2.22. The van der Waals surface area contributed by atoms with E-state index in [2.05, 4.69) is 31.8 Å². The van der Waals surface area contributed by atoms with Crippen molar-refractivity contribution in [1.82, 2.24) is 4.98 Å². The zero-order valence-electron chi connectivity index (χ0n) is 11.6. The van der Waals surface area contributed by atoms with E-state index in [4.69, 9.17) is 9.47 Å². The Balaban J connectivity index is 1.92. The third kappa shape index (κ3) is 3.70. The number of aromatic nitrogens is 1. The highest BCUT2D eigenvalue weighted by atomic mass is 16.5. The van der Waals surface area contributed by atoms with Crippen LogP contribution in [0.25, 0.3) is 0 Å². The number of hydrogen-bond donors (Lipinski definition) is 0. The molecule has 0 spiro atoms. The molecule has 0 radical (unpaired) electrons. The highest BCUT2D eigenvalue weighted by molar-refractivity contribution is 5.20. The van der Waals surface area contributed by atoms with Crippen molar-refractivity contribution in [2.75, 3.05) is 19.8 Å². The van der Waals surface area contributed by atoms with Gasteiger partial charge in [0.25, 0.3) is 0 Å². The predicted octanol–water partition coefficient (Wildman–Crippen LogP) is 3.18. The largest absolute Gasteiger partial charge is 0.477 e. The average Bonchev–Trinajstić information content (AvgIpc) is 2.37. The second kappa shape index (κ2) is 5.70. The smallest absolute Gasteiger partial charge is 0.213 e. The molecule has 18 heavy (non-hydrogen) atoms. The Hall–Kier alpha value is -1.09. The fourth-order valence-corrected chi connectivity index (χ4v) is 2.03. The molecule has 100 valence electrons. The Kier molecular flexibility index (Phi) is 4.23. The summed E-state index contributed by atoms with van der Waals surface area (Å²) in [5.41, 5.74) is 1.14. The molecule has 0 N–H and O–H groups in total. The first-order valence-corrected chi connectivity index (χ1v) is 6.74. The van der Waals surface area contributed by atoms with Crippen LogP contribution < -0.4 is 4.74 Å². The topological polar surface area (TPSA) is 31.4 Å². The van der Waals surface area contributed by atoms with Gasteiger partial charge in [0.05, 0.1) is 6.61 Å². The van der Waals surface area contributed by atoms with Crippen molar-refractivity contribution >= 4 is 0 Å². The summed E-state index contributed by atoms with van der Waals surface area (Å²) in [5, 5.41) is 0. The molecule has 2 rings (SSSR count). The van der Waals surface area contributed by atoms with E-state index in [-0.39, 0.29) is 5.41 Å². The van der Waals surface area contributed by atoms with Gasteiger partial charge in [0.2, 0.25) is 5.88 Å². The van der Waals surface area contributed by atoms with Crippen LogP contribution in [-0.4, -0.2) is 24.8 Å². The van der Waals surface area contributed by atoms with Gasteiger partial charge in [-0.3, -0.25) is 0 Å². The molecule has 1 saturated heterocycles. The fraction of sp³-hybridized carbons (Fsp3) is 0.667. The number of ether oxygens (including phenoxy) is 2. The van der Waals surface area contributed by atoms with E-state index in [0.29, 0.717) is 5.92 Å². The Morgan fingerprint density at radius 3 is 2.67 bits per heavy atom. The van der Waals surface area contributed by atoms with E-state index in [1.54, 1.807) is 0 Å². The van der Waals surface area contributed by atoms with Gasteiger partial charge in [-0.25, -0.2) is 4.98 Å².